The van der Waals surface area contributed by atoms with Gasteiger partial charge in [0.05, 0.1) is 6.20 Å². The van der Waals surface area contributed by atoms with Gasteiger partial charge in [0.1, 0.15) is 10.3 Å². The predicted molar refractivity (Wildman–Crippen MR) is 102 cm³/mol. The molecule has 0 amide bonds. The SMILES string of the molecule is Cc1ccc(CCC(=O)c2cc(-n3nnnc3C(F)F)c3ncc(Br)n3c2)cn1. The quantitative estimate of drug-likeness (QED) is 0.408. The van der Waals surface area contributed by atoms with Gasteiger partial charge >= 0.3 is 0 Å². The van der Waals surface area contributed by atoms with Crippen LogP contribution < -0.4 is 0 Å². The third-order valence-corrected chi connectivity index (χ3v) is 4.98. The van der Waals surface area contributed by atoms with Crippen LogP contribution in [0.4, 0.5) is 8.78 Å². The van der Waals surface area contributed by atoms with Gasteiger partial charge in [-0.15, -0.1) is 5.10 Å². The van der Waals surface area contributed by atoms with Crippen LogP contribution in [-0.2, 0) is 6.42 Å². The number of Topliss-reactive ketones (excluding diaryl/α,β-unsaturated/α-hetero) is 1. The van der Waals surface area contributed by atoms with E-state index >= 15 is 0 Å². The first kappa shape index (κ1) is 19.2. The van der Waals surface area contributed by atoms with Gasteiger partial charge in [0.15, 0.2) is 11.4 Å². The van der Waals surface area contributed by atoms with E-state index in [1.54, 1.807) is 16.8 Å². The summed E-state index contributed by atoms with van der Waals surface area (Å²) < 4.78 is 29.6. The number of imidazole rings is 1. The Bertz CT molecular complexity index is 1190. The van der Waals surface area contributed by atoms with Crippen LogP contribution in [-0.4, -0.2) is 40.4 Å². The second-order valence-electron chi connectivity index (χ2n) is 6.37. The lowest BCUT2D eigenvalue weighted by molar-refractivity contribution is 0.0982. The summed E-state index contributed by atoms with van der Waals surface area (Å²) in [5, 5.41) is 10.4. The summed E-state index contributed by atoms with van der Waals surface area (Å²) in [7, 11) is 0. The van der Waals surface area contributed by atoms with E-state index in [0.29, 0.717) is 22.2 Å². The summed E-state index contributed by atoms with van der Waals surface area (Å²) in [6.45, 7) is 1.89. The summed E-state index contributed by atoms with van der Waals surface area (Å²) >= 11 is 3.35. The van der Waals surface area contributed by atoms with E-state index < -0.39 is 12.2 Å². The number of carbonyl (C=O) groups excluding carboxylic acids is 1. The summed E-state index contributed by atoms with van der Waals surface area (Å²) in [5.41, 5.74) is 2.71. The molecule has 0 spiro atoms. The van der Waals surface area contributed by atoms with E-state index in [2.05, 4.69) is 41.4 Å². The van der Waals surface area contributed by atoms with Crippen molar-refractivity contribution in [2.45, 2.75) is 26.2 Å². The van der Waals surface area contributed by atoms with Gasteiger partial charge in [-0.2, -0.15) is 4.68 Å². The van der Waals surface area contributed by atoms with Crippen molar-refractivity contribution in [3.8, 4) is 5.69 Å². The molecule has 0 saturated carbocycles. The van der Waals surface area contributed by atoms with Gasteiger partial charge in [-0.1, -0.05) is 6.07 Å². The van der Waals surface area contributed by atoms with E-state index in [1.807, 2.05) is 19.1 Å². The molecule has 4 aromatic rings. The van der Waals surface area contributed by atoms with Crippen LogP contribution in [0.15, 0.2) is 41.4 Å². The van der Waals surface area contributed by atoms with E-state index in [1.165, 1.54) is 12.3 Å². The van der Waals surface area contributed by atoms with Crippen molar-refractivity contribution in [2.75, 3.05) is 0 Å². The lowest BCUT2D eigenvalue weighted by Crippen LogP contribution is -2.10. The number of nitrogens with zero attached hydrogens (tertiary/aromatic N) is 7. The summed E-state index contributed by atoms with van der Waals surface area (Å²) in [5.74, 6) is -0.776. The number of fused-ring (bicyclic) bond motifs is 1. The normalized spacial score (nSPS) is 11.5. The molecule has 0 unspecified atom stereocenters. The Morgan fingerprint density at radius 2 is 2.07 bits per heavy atom. The minimum absolute atomic E-state index is 0.152. The zero-order valence-corrected chi connectivity index (χ0v) is 16.7. The number of hydrogen-bond donors (Lipinski definition) is 0. The molecule has 4 aromatic heterocycles. The maximum Gasteiger partial charge on any atom is 0.299 e. The molecule has 0 aromatic carbocycles. The van der Waals surface area contributed by atoms with Crippen molar-refractivity contribution < 1.29 is 13.6 Å². The standard InChI is InChI=1S/C18H14BrF2N7O/c1-10-2-3-11(7-22-10)4-5-14(29)12-6-13(17-23-8-15(19)27(17)9-12)28-18(16(20)21)24-25-26-28/h2-3,6-9,16H,4-5H2,1H3. The Labute approximate surface area is 171 Å². The van der Waals surface area contributed by atoms with E-state index in [0.717, 1.165) is 15.9 Å². The number of ketones is 1. The molecular weight excluding hydrogens is 448 g/mol. The fraction of sp³-hybridized carbons (Fsp3) is 0.222. The number of aromatic nitrogens is 7. The molecule has 8 nitrogen and oxygen atoms in total. The second kappa shape index (κ2) is 7.74. The Morgan fingerprint density at radius 1 is 1.24 bits per heavy atom. The average Bonchev–Trinajstić information content (AvgIpc) is 3.34. The average molecular weight is 462 g/mol. The van der Waals surface area contributed by atoms with Crippen molar-refractivity contribution in [3.63, 3.8) is 0 Å². The van der Waals surface area contributed by atoms with Gasteiger partial charge in [0, 0.05) is 30.1 Å². The lowest BCUT2D eigenvalue weighted by Gasteiger charge is -2.09. The third-order valence-electron chi connectivity index (χ3n) is 4.39. The van der Waals surface area contributed by atoms with Crippen LogP contribution in [0.25, 0.3) is 11.3 Å². The van der Waals surface area contributed by atoms with Crippen molar-refractivity contribution in [3.05, 3.63) is 64.0 Å². The molecule has 11 heteroatoms. The first-order chi connectivity index (χ1) is 13.9. The fourth-order valence-corrected chi connectivity index (χ4v) is 3.27. The molecule has 4 heterocycles. The molecule has 0 fully saturated rings. The number of hydrogen-bond acceptors (Lipinski definition) is 6. The van der Waals surface area contributed by atoms with Gasteiger partial charge in [0.25, 0.3) is 6.43 Å². The lowest BCUT2D eigenvalue weighted by atomic mass is 10.0. The van der Waals surface area contributed by atoms with Gasteiger partial charge in [-0.05, 0) is 57.4 Å². The molecule has 0 saturated heterocycles. The van der Waals surface area contributed by atoms with E-state index in [4.69, 9.17) is 0 Å². The van der Waals surface area contributed by atoms with Crippen LogP contribution in [0, 0.1) is 6.92 Å². The van der Waals surface area contributed by atoms with Crippen LogP contribution in [0.3, 0.4) is 0 Å². The number of halogens is 3. The van der Waals surface area contributed by atoms with Crippen LogP contribution >= 0.6 is 15.9 Å². The largest absolute Gasteiger partial charge is 0.299 e. The molecule has 0 aliphatic rings. The summed E-state index contributed by atoms with van der Waals surface area (Å²) in [4.78, 5) is 21.3. The predicted octanol–water partition coefficient (Wildman–Crippen LogP) is 3.53. The smallest absolute Gasteiger partial charge is 0.294 e. The first-order valence-electron chi connectivity index (χ1n) is 8.62. The fourth-order valence-electron chi connectivity index (χ4n) is 2.90. The number of tetrazole rings is 1. The molecule has 0 aliphatic carbocycles. The summed E-state index contributed by atoms with van der Waals surface area (Å²) in [6.07, 6.45) is 2.73. The van der Waals surface area contributed by atoms with Crippen molar-refractivity contribution in [1.82, 2.24) is 34.6 Å². The first-order valence-corrected chi connectivity index (χ1v) is 9.41. The van der Waals surface area contributed by atoms with Gasteiger partial charge in [0.2, 0.25) is 5.82 Å². The molecule has 0 aliphatic heterocycles. The minimum Gasteiger partial charge on any atom is -0.294 e. The number of pyridine rings is 2. The Hall–Kier alpha value is -3.08. The van der Waals surface area contributed by atoms with Crippen LogP contribution in [0.5, 0.6) is 0 Å². The highest BCUT2D eigenvalue weighted by atomic mass is 79.9. The minimum atomic E-state index is -2.88. The zero-order chi connectivity index (χ0) is 20.5. The summed E-state index contributed by atoms with van der Waals surface area (Å²) in [6, 6.07) is 5.29. The monoisotopic (exact) mass is 461 g/mol. The number of aryl methyl sites for hydroxylation is 2. The highest BCUT2D eigenvalue weighted by Gasteiger charge is 2.22. The zero-order valence-electron chi connectivity index (χ0n) is 15.1. The molecule has 29 heavy (non-hydrogen) atoms. The molecule has 0 atom stereocenters. The van der Waals surface area contributed by atoms with E-state index in [9.17, 15) is 13.6 Å². The van der Waals surface area contributed by atoms with Gasteiger partial charge in [-0.3, -0.25) is 14.2 Å². The maximum absolute atomic E-state index is 13.3. The molecule has 0 N–H and O–H groups in total. The number of rotatable bonds is 6. The van der Waals surface area contributed by atoms with E-state index in [-0.39, 0.29) is 17.9 Å². The molecule has 0 bridgehead atoms. The second-order valence-corrected chi connectivity index (χ2v) is 7.18. The Kier molecular flexibility index (Phi) is 5.14. The maximum atomic E-state index is 13.3. The topological polar surface area (TPSA) is 90.9 Å². The molecule has 4 rings (SSSR count). The van der Waals surface area contributed by atoms with Gasteiger partial charge in [-0.25, -0.2) is 13.8 Å². The third kappa shape index (κ3) is 3.77. The van der Waals surface area contributed by atoms with Crippen molar-refractivity contribution in [1.29, 1.82) is 0 Å². The number of alkyl halides is 2. The van der Waals surface area contributed by atoms with Crippen molar-refractivity contribution >= 4 is 27.4 Å². The number of carbonyl (C=O) groups is 1. The van der Waals surface area contributed by atoms with Crippen LogP contribution in [0.2, 0.25) is 0 Å². The molecular formula is C18H14BrF2N7O. The van der Waals surface area contributed by atoms with Gasteiger partial charge < -0.3 is 0 Å². The highest BCUT2D eigenvalue weighted by molar-refractivity contribution is 9.10. The van der Waals surface area contributed by atoms with Crippen molar-refractivity contribution in [2.24, 2.45) is 0 Å². The van der Waals surface area contributed by atoms with Crippen LogP contribution in [0.1, 0.15) is 40.3 Å². The molecule has 0 radical (unpaired) electrons. The molecule has 148 valence electrons. The Balaban J connectivity index is 1.71. The highest BCUT2D eigenvalue weighted by Crippen LogP contribution is 2.25. The Morgan fingerprint density at radius 3 is 2.79 bits per heavy atom.